The maximum Gasteiger partial charge on any atom is 0.222 e. The fourth-order valence-corrected chi connectivity index (χ4v) is 3.02. The van der Waals surface area contributed by atoms with Crippen LogP contribution in [0.2, 0.25) is 0 Å². The van der Waals surface area contributed by atoms with E-state index >= 15 is 0 Å². The molecule has 0 bridgehead atoms. The summed E-state index contributed by atoms with van der Waals surface area (Å²) in [5, 5.41) is 13.5. The van der Waals surface area contributed by atoms with Crippen LogP contribution in [-0.4, -0.2) is 37.9 Å². The zero-order chi connectivity index (χ0) is 17.4. The summed E-state index contributed by atoms with van der Waals surface area (Å²) in [6, 6.07) is 12.2. The molecule has 0 aliphatic carbocycles. The standard InChI is InChI=1S/C19H21N5O/c1-19(2,25)17-12-22-24-16(11-21-18(24)23-17)14-6-3-5-13(9-14)15-7-4-8-20-10-15/h3-11,17,22,25H,12H2,1-2H3,(H,21,23). The molecule has 4 rings (SSSR count). The fourth-order valence-electron chi connectivity index (χ4n) is 3.02. The quantitative estimate of drug-likeness (QED) is 0.686. The first-order valence-electron chi connectivity index (χ1n) is 8.34. The zero-order valence-electron chi connectivity index (χ0n) is 14.3. The zero-order valence-corrected chi connectivity index (χ0v) is 14.3. The summed E-state index contributed by atoms with van der Waals surface area (Å²) < 4.78 is 1.94. The second-order valence-electron chi connectivity index (χ2n) is 6.84. The van der Waals surface area contributed by atoms with Gasteiger partial charge < -0.3 is 15.8 Å². The van der Waals surface area contributed by atoms with Gasteiger partial charge in [-0.15, -0.1) is 0 Å². The molecule has 0 radical (unpaired) electrons. The lowest BCUT2D eigenvalue weighted by molar-refractivity contribution is 0.0605. The molecule has 1 aliphatic heterocycles. The van der Waals surface area contributed by atoms with Crippen LogP contribution in [0.1, 0.15) is 13.8 Å². The van der Waals surface area contributed by atoms with Crippen LogP contribution in [0, 0.1) is 0 Å². The predicted octanol–water partition coefficient (Wildman–Crippen LogP) is 2.72. The number of aromatic nitrogens is 3. The van der Waals surface area contributed by atoms with Crippen molar-refractivity contribution in [2.45, 2.75) is 25.5 Å². The van der Waals surface area contributed by atoms with Crippen molar-refractivity contribution in [1.82, 2.24) is 14.6 Å². The van der Waals surface area contributed by atoms with E-state index < -0.39 is 5.60 Å². The molecule has 3 N–H and O–H groups in total. The summed E-state index contributed by atoms with van der Waals surface area (Å²) in [6.45, 7) is 4.20. The normalized spacial score (nSPS) is 16.7. The van der Waals surface area contributed by atoms with Crippen molar-refractivity contribution in [3.8, 4) is 22.4 Å². The van der Waals surface area contributed by atoms with Crippen molar-refractivity contribution in [2.24, 2.45) is 0 Å². The van der Waals surface area contributed by atoms with Crippen molar-refractivity contribution in [2.75, 3.05) is 17.3 Å². The summed E-state index contributed by atoms with van der Waals surface area (Å²) in [5.41, 5.74) is 6.75. The highest BCUT2D eigenvalue weighted by Gasteiger charge is 2.31. The van der Waals surface area contributed by atoms with Gasteiger partial charge in [-0.05, 0) is 31.5 Å². The SMILES string of the molecule is CC(C)(O)C1CNn2c(-c3cccc(-c4cccnc4)c3)cnc2N1. The Morgan fingerprint density at radius 1 is 1.12 bits per heavy atom. The molecule has 1 atom stereocenters. The lowest BCUT2D eigenvalue weighted by atomic mass is 9.99. The van der Waals surface area contributed by atoms with Crippen molar-refractivity contribution < 1.29 is 5.11 Å². The van der Waals surface area contributed by atoms with E-state index in [4.69, 9.17) is 0 Å². The number of hydrogen-bond acceptors (Lipinski definition) is 5. The van der Waals surface area contributed by atoms with Gasteiger partial charge in [0, 0.05) is 23.5 Å². The minimum absolute atomic E-state index is 0.100. The molecule has 1 aromatic carbocycles. The molecule has 3 aromatic rings. The minimum Gasteiger partial charge on any atom is -0.388 e. The van der Waals surface area contributed by atoms with Crippen LogP contribution in [0.3, 0.4) is 0 Å². The van der Waals surface area contributed by atoms with E-state index in [1.54, 1.807) is 20.0 Å². The van der Waals surface area contributed by atoms with Gasteiger partial charge in [-0.2, -0.15) is 0 Å². The van der Waals surface area contributed by atoms with E-state index in [0.29, 0.717) is 12.5 Å². The summed E-state index contributed by atoms with van der Waals surface area (Å²) in [7, 11) is 0. The van der Waals surface area contributed by atoms with Gasteiger partial charge in [0.15, 0.2) is 0 Å². The number of benzene rings is 1. The Labute approximate surface area is 146 Å². The van der Waals surface area contributed by atoms with E-state index in [9.17, 15) is 5.11 Å². The van der Waals surface area contributed by atoms with Gasteiger partial charge in [-0.1, -0.05) is 24.3 Å². The van der Waals surface area contributed by atoms with E-state index in [2.05, 4.69) is 38.9 Å². The van der Waals surface area contributed by atoms with Crippen LogP contribution in [0.5, 0.6) is 0 Å². The molecular formula is C19H21N5O. The first-order chi connectivity index (χ1) is 12.0. The molecule has 0 saturated carbocycles. The highest BCUT2D eigenvalue weighted by atomic mass is 16.3. The maximum absolute atomic E-state index is 10.2. The average molecular weight is 335 g/mol. The van der Waals surface area contributed by atoms with Crippen molar-refractivity contribution >= 4 is 5.95 Å². The topological polar surface area (TPSA) is 75.0 Å². The highest BCUT2D eigenvalue weighted by molar-refractivity contribution is 5.72. The molecule has 1 aliphatic rings. The Kier molecular flexibility index (Phi) is 3.69. The first kappa shape index (κ1) is 15.7. The van der Waals surface area contributed by atoms with Gasteiger partial charge in [0.1, 0.15) is 0 Å². The maximum atomic E-state index is 10.2. The van der Waals surface area contributed by atoms with Crippen LogP contribution in [0.4, 0.5) is 5.95 Å². The number of fused-ring (bicyclic) bond motifs is 1. The van der Waals surface area contributed by atoms with Crippen LogP contribution < -0.4 is 10.7 Å². The van der Waals surface area contributed by atoms with Crippen molar-refractivity contribution in [3.63, 3.8) is 0 Å². The Morgan fingerprint density at radius 3 is 2.68 bits per heavy atom. The molecule has 128 valence electrons. The molecule has 6 nitrogen and oxygen atoms in total. The summed E-state index contributed by atoms with van der Waals surface area (Å²) in [6.07, 6.45) is 5.47. The average Bonchev–Trinajstić information content (AvgIpc) is 3.05. The molecule has 1 unspecified atom stereocenters. The van der Waals surface area contributed by atoms with Crippen LogP contribution in [0.15, 0.2) is 55.0 Å². The number of imidazole rings is 1. The molecule has 0 fully saturated rings. The molecular weight excluding hydrogens is 314 g/mol. The van der Waals surface area contributed by atoms with Gasteiger partial charge in [0.2, 0.25) is 5.95 Å². The number of anilines is 1. The molecule has 0 amide bonds. The van der Waals surface area contributed by atoms with Crippen LogP contribution in [0.25, 0.3) is 22.4 Å². The van der Waals surface area contributed by atoms with Gasteiger partial charge in [-0.25, -0.2) is 9.66 Å². The number of rotatable bonds is 3. The summed E-state index contributed by atoms with van der Waals surface area (Å²) in [4.78, 5) is 8.66. The van der Waals surface area contributed by atoms with E-state index in [1.807, 2.05) is 35.3 Å². The van der Waals surface area contributed by atoms with Crippen LogP contribution in [-0.2, 0) is 0 Å². The molecule has 6 heteroatoms. The molecule has 2 aromatic heterocycles. The van der Waals surface area contributed by atoms with E-state index in [1.165, 1.54) is 0 Å². The van der Waals surface area contributed by atoms with Gasteiger partial charge in [-0.3, -0.25) is 4.98 Å². The minimum atomic E-state index is -0.829. The van der Waals surface area contributed by atoms with E-state index in [0.717, 1.165) is 22.4 Å². The highest BCUT2D eigenvalue weighted by Crippen LogP contribution is 2.29. The largest absolute Gasteiger partial charge is 0.388 e. The Morgan fingerprint density at radius 2 is 1.92 bits per heavy atom. The number of nitrogens with zero attached hydrogens (tertiary/aromatic N) is 3. The van der Waals surface area contributed by atoms with Crippen LogP contribution >= 0.6 is 0 Å². The molecule has 3 heterocycles. The number of hydrogen-bond donors (Lipinski definition) is 3. The summed E-state index contributed by atoms with van der Waals surface area (Å²) >= 11 is 0. The van der Waals surface area contributed by atoms with E-state index in [-0.39, 0.29) is 6.04 Å². The summed E-state index contributed by atoms with van der Waals surface area (Å²) in [5.74, 6) is 0.708. The third-order valence-electron chi connectivity index (χ3n) is 4.52. The monoisotopic (exact) mass is 335 g/mol. The Balaban J connectivity index is 1.68. The smallest absolute Gasteiger partial charge is 0.222 e. The molecule has 25 heavy (non-hydrogen) atoms. The second kappa shape index (κ2) is 5.89. The third kappa shape index (κ3) is 2.96. The predicted molar refractivity (Wildman–Crippen MR) is 98.8 cm³/mol. The number of nitrogens with one attached hydrogen (secondary N) is 2. The molecule has 0 spiro atoms. The van der Waals surface area contributed by atoms with Gasteiger partial charge >= 0.3 is 0 Å². The van der Waals surface area contributed by atoms with Gasteiger partial charge in [0.05, 0.1) is 30.1 Å². The van der Waals surface area contributed by atoms with Crippen molar-refractivity contribution in [3.05, 3.63) is 55.0 Å². The van der Waals surface area contributed by atoms with Crippen molar-refractivity contribution in [1.29, 1.82) is 0 Å². The Bertz CT molecular complexity index is 882. The number of pyridine rings is 1. The lowest BCUT2D eigenvalue weighted by Gasteiger charge is -2.35. The Hall–Kier alpha value is -2.86. The fraction of sp³-hybridized carbons (Fsp3) is 0.263. The van der Waals surface area contributed by atoms with Gasteiger partial charge in [0.25, 0.3) is 0 Å². The second-order valence-corrected chi connectivity index (χ2v) is 6.84. The first-order valence-corrected chi connectivity index (χ1v) is 8.34. The number of aliphatic hydroxyl groups is 1. The lowest BCUT2D eigenvalue weighted by Crippen LogP contribution is -2.51. The molecule has 0 saturated heterocycles. The third-order valence-corrected chi connectivity index (χ3v) is 4.52.